The van der Waals surface area contributed by atoms with E-state index in [4.69, 9.17) is 0 Å². The molecule has 0 amide bonds. The molecule has 1 unspecified atom stereocenters. The standard InChI is InChI=1S/C7H10N2.3C4H10.Sn/c1-9(2)7-3-5-8-6-4-7;3*1-3-4-2;/h3-5,7H,1-2H3;3*3-4H2,1-2H3;. The van der Waals surface area contributed by atoms with Crippen molar-refractivity contribution in [2.24, 2.45) is 4.99 Å². The Labute approximate surface area is 158 Å². The first kappa shape index (κ1) is 29.9. The second-order valence-corrected chi connectivity index (χ2v) is 5.22. The largest absolute Gasteiger partial charge is 0.299 e. The average molecular weight is 415 g/mol. The molecule has 1 rings (SSSR count). The number of rotatable bonds is 4. The summed E-state index contributed by atoms with van der Waals surface area (Å²) in [4.78, 5) is 5.89. The van der Waals surface area contributed by atoms with Crippen LogP contribution >= 0.6 is 0 Å². The Kier molecular flexibility index (Phi) is 39.4. The molecule has 0 aliphatic carbocycles. The van der Waals surface area contributed by atoms with Crippen LogP contribution in [0.3, 0.4) is 0 Å². The molecular formula is C19H40N2Sn. The molecule has 1 aliphatic heterocycles. The van der Waals surface area contributed by atoms with Gasteiger partial charge in [-0.05, 0) is 32.1 Å². The van der Waals surface area contributed by atoms with Crippen molar-refractivity contribution in [1.29, 1.82) is 0 Å². The predicted octanol–water partition coefficient (Wildman–Crippen LogP) is 5.71. The summed E-state index contributed by atoms with van der Waals surface area (Å²) >= 11 is 0. The van der Waals surface area contributed by atoms with Gasteiger partial charge in [0.2, 0.25) is 0 Å². The van der Waals surface area contributed by atoms with E-state index in [2.05, 4.69) is 57.3 Å². The minimum Gasteiger partial charge on any atom is -0.299 e. The fourth-order valence-electron chi connectivity index (χ4n) is 0.670. The van der Waals surface area contributed by atoms with Crippen molar-refractivity contribution in [2.75, 3.05) is 14.1 Å². The van der Waals surface area contributed by atoms with Crippen LogP contribution in [0.4, 0.5) is 0 Å². The van der Waals surface area contributed by atoms with E-state index in [1.54, 1.807) is 6.20 Å². The number of nitrogens with zero attached hydrogens (tertiary/aromatic N) is 2. The van der Waals surface area contributed by atoms with Crippen molar-refractivity contribution in [1.82, 2.24) is 4.90 Å². The van der Waals surface area contributed by atoms with Crippen molar-refractivity contribution in [3.63, 3.8) is 0 Å². The zero-order chi connectivity index (χ0) is 16.9. The van der Waals surface area contributed by atoms with Crippen LogP contribution in [-0.4, -0.2) is 54.8 Å². The minimum atomic E-state index is 0. The predicted molar refractivity (Wildman–Crippen MR) is 106 cm³/mol. The third kappa shape index (κ3) is 32.1. The summed E-state index contributed by atoms with van der Waals surface area (Å²) < 4.78 is 0. The summed E-state index contributed by atoms with van der Waals surface area (Å²) in [5.41, 5.74) is 0. The fraction of sp³-hybridized carbons (Fsp3) is 0.789. The summed E-state index contributed by atoms with van der Waals surface area (Å²) in [6.45, 7) is 13.1. The quantitative estimate of drug-likeness (QED) is 0.538. The van der Waals surface area contributed by atoms with Crippen molar-refractivity contribution in [2.45, 2.75) is 86.1 Å². The molecule has 0 aromatic heterocycles. The summed E-state index contributed by atoms with van der Waals surface area (Å²) in [6, 6.07) is 0.377. The Morgan fingerprint density at radius 3 is 1.32 bits per heavy atom. The molecule has 0 saturated heterocycles. The van der Waals surface area contributed by atoms with Gasteiger partial charge in [0.25, 0.3) is 0 Å². The molecule has 130 valence electrons. The molecule has 0 spiro atoms. The van der Waals surface area contributed by atoms with Gasteiger partial charge < -0.3 is 0 Å². The molecule has 0 fully saturated rings. The van der Waals surface area contributed by atoms with Crippen LogP contribution in [0.2, 0.25) is 0 Å². The van der Waals surface area contributed by atoms with Gasteiger partial charge in [-0.1, -0.05) is 80.1 Å². The summed E-state index contributed by atoms with van der Waals surface area (Å²) in [5, 5.41) is 0. The zero-order valence-corrected chi connectivity index (χ0v) is 19.3. The van der Waals surface area contributed by atoms with Crippen LogP contribution in [0.1, 0.15) is 80.1 Å². The summed E-state index contributed by atoms with van der Waals surface area (Å²) in [5.74, 6) is 2.79. The van der Waals surface area contributed by atoms with Crippen LogP contribution in [0, 0.1) is 0 Å². The molecule has 4 radical (unpaired) electrons. The van der Waals surface area contributed by atoms with Crippen molar-refractivity contribution >= 4 is 29.8 Å². The number of unbranched alkanes of at least 4 members (excludes halogenated alkanes) is 3. The topological polar surface area (TPSA) is 15.6 Å². The Morgan fingerprint density at radius 1 is 0.818 bits per heavy atom. The fourth-order valence-corrected chi connectivity index (χ4v) is 0.670. The molecule has 0 aromatic rings. The van der Waals surface area contributed by atoms with E-state index >= 15 is 0 Å². The molecule has 1 atom stereocenters. The Morgan fingerprint density at radius 2 is 1.18 bits per heavy atom. The van der Waals surface area contributed by atoms with Gasteiger partial charge in [0, 0.05) is 30.1 Å². The third-order valence-electron chi connectivity index (χ3n) is 2.77. The first-order valence-electron chi connectivity index (χ1n) is 8.67. The monoisotopic (exact) mass is 416 g/mol. The maximum atomic E-state index is 3.80. The number of hydrogen-bond donors (Lipinski definition) is 0. The van der Waals surface area contributed by atoms with Crippen LogP contribution in [0.25, 0.3) is 0 Å². The first-order valence-corrected chi connectivity index (χ1v) is 8.67. The number of hydrogen-bond acceptors (Lipinski definition) is 2. The molecule has 0 saturated carbocycles. The van der Waals surface area contributed by atoms with Crippen molar-refractivity contribution in [3.05, 3.63) is 18.4 Å². The SMILES string of the molecule is CCCC.CCCC.CCCC.CN(C)C1C=C=NC=C1.[Sn]. The van der Waals surface area contributed by atoms with Gasteiger partial charge in [-0.3, -0.25) is 4.90 Å². The molecule has 0 N–H and O–H groups in total. The third-order valence-corrected chi connectivity index (χ3v) is 2.77. The van der Waals surface area contributed by atoms with Gasteiger partial charge in [0.15, 0.2) is 0 Å². The average Bonchev–Trinajstić information content (AvgIpc) is 2.56. The maximum Gasteiger partial charge on any atom is 0.0564 e. The molecule has 1 aliphatic rings. The van der Waals surface area contributed by atoms with E-state index in [-0.39, 0.29) is 23.9 Å². The van der Waals surface area contributed by atoms with Crippen LogP contribution < -0.4 is 0 Å². The Bertz CT molecular complexity index is 239. The molecular weight excluding hydrogens is 375 g/mol. The number of aliphatic imine (C=N–C) groups is 1. The smallest absolute Gasteiger partial charge is 0.0564 e. The van der Waals surface area contributed by atoms with Gasteiger partial charge in [-0.15, -0.1) is 0 Å². The second-order valence-electron chi connectivity index (χ2n) is 5.22. The van der Waals surface area contributed by atoms with Gasteiger partial charge in [-0.25, -0.2) is 4.99 Å². The van der Waals surface area contributed by atoms with Gasteiger partial charge >= 0.3 is 0 Å². The van der Waals surface area contributed by atoms with E-state index in [0.29, 0.717) is 6.04 Å². The Balaban J connectivity index is -0.000000107. The normalized spacial score (nSPS) is 13.8. The van der Waals surface area contributed by atoms with Crippen LogP contribution in [0.5, 0.6) is 0 Å². The van der Waals surface area contributed by atoms with Crippen molar-refractivity contribution in [3.8, 4) is 0 Å². The van der Waals surface area contributed by atoms with E-state index in [0.717, 1.165) is 0 Å². The molecule has 22 heavy (non-hydrogen) atoms. The van der Waals surface area contributed by atoms with E-state index in [1.807, 2.05) is 26.2 Å². The number of likely N-dealkylation sites (N-methyl/N-ethyl adjacent to an activating group) is 1. The summed E-state index contributed by atoms with van der Waals surface area (Å²) in [7, 11) is 4.05. The first-order chi connectivity index (χ1) is 10.0. The molecule has 3 heteroatoms. The molecule has 0 aromatic carbocycles. The van der Waals surface area contributed by atoms with E-state index in [1.165, 1.54) is 38.5 Å². The van der Waals surface area contributed by atoms with Gasteiger partial charge in [0.05, 0.1) is 6.04 Å². The Hall–Kier alpha value is -0.0513. The van der Waals surface area contributed by atoms with Crippen LogP contribution in [-0.2, 0) is 0 Å². The molecule has 2 nitrogen and oxygen atoms in total. The second kappa shape index (κ2) is 29.0. The van der Waals surface area contributed by atoms with Gasteiger partial charge in [-0.2, -0.15) is 0 Å². The summed E-state index contributed by atoms with van der Waals surface area (Å²) in [6.07, 6.45) is 13.6. The maximum absolute atomic E-state index is 3.80. The molecule has 0 bridgehead atoms. The molecule has 1 heterocycles. The zero-order valence-electron chi connectivity index (χ0n) is 16.4. The van der Waals surface area contributed by atoms with Crippen LogP contribution in [0.15, 0.2) is 23.3 Å². The van der Waals surface area contributed by atoms with Crippen molar-refractivity contribution < 1.29 is 0 Å². The minimum absolute atomic E-state index is 0. The van der Waals surface area contributed by atoms with E-state index in [9.17, 15) is 0 Å². The van der Waals surface area contributed by atoms with Gasteiger partial charge in [0.1, 0.15) is 0 Å². The van der Waals surface area contributed by atoms with E-state index < -0.39 is 0 Å².